The third-order valence-electron chi connectivity index (χ3n) is 6.65. The fourth-order valence-corrected chi connectivity index (χ4v) is 6.00. The van der Waals surface area contributed by atoms with E-state index < -0.39 is 0 Å². The van der Waals surface area contributed by atoms with E-state index >= 15 is 0 Å². The van der Waals surface area contributed by atoms with Crippen LogP contribution < -0.4 is 4.90 Å². The highest BCUT2D eigenvalue weighted by Crippen LogP contribution is 2.40. The lowest BCUT2D eigenvalue weighted by Gasteiger charge is -2.36. The zero-order chi connectivity index (χ0) is 23.7. The minimum absolute atomic E-state index is 0.191. The minimum Gasteiger partial charge on any atom is -0.461 e. The van der Waals surface area contributed by atoms with Gasteiger partial charge in [0.1, 0.15) is 17.3 Å². The number of nitrogens with zero attached hydrogens (tertiary/aromatic N) is 2. The van der Waals surface area contributed by atoms with Crippen molar-refractivity contribution in [2.24, 2.45) is 0 Å². The number of aromatic amines is 1. The molecule has 1 unspecified atom stereocenters. The van der Waals surface area contributed by atoms with Gasteiger partial charge in [0.2, 0.25) is 0 Å². The monoisotopic (exact) mass is 481 g/mol. The fourth-order valence-electron chi connectivity index (χ4n) is 4.76. The molecule has 34 heavy (non-hydrogen) atoms. The second-order valence-corrected chi connectivity index (χ2v) is 9.83. The summed E-state index contributed by atoms with van der Waals surface area (Å²) in [5.41, 5.74) is 3.35. The third kappa shape index (κ3) is 4.70. The van der Waals surface area contributed by atoms with Gasteiger partial charge >= 0.3 is 5.97 Å². The Hall–Kier alpha value is -2.84. The van der Waals surface area contributed by atoms with Crippen LogP contribution in [0.15, 0.2) is 47.4 Å². The Morgan fingerprint density at radius 2 is 1.94 bits per heavy atom. The Morgan fingerprint density at radius 3 is 2.74 bits per heavy atom. The third-order valence-corrected chi connectivity index (χ3v) is 7.84. The molecule has 178 valence electrons. The summed E-state index contributed by atoms with van der Waals surface area (Å²) in [7, 11) is 0. The number of ether oxygens (including phenoxy) is 1. The lowest BCUT2D eigenvalue weighted by Crippen LogP contribution is -2.47. The van der Waals surface area contributed by atoms with Crippen LogP contribution in [0.2, 0.25) is 0 Å². The summed E-state index contributed by atoms with van der Waals surface area (Å²) in [6.07, 6.45) is 0.492. The molecule has 1 fully saturated rings. The molecule has 5 rings (SSSR count). The van der Waals surface area contributed by atoms with Gasteiger partial charge in [-0.3, -0.25) is 9.69 Å². The van der Waals surface area contributed by atoms with E-state index in [1.807, 2.05) is 12.1 Å². The van der Waals surface area contributed by atoms with Crippen LogP contribution in [-0.4, -0.2) is 66.7 Å². The van der Waals surface area contributed by atoms with E-state index in [9.17, 15) is 14.0 Å². The molecular formula is C26H28FN3O3S. The number of carbonyl (C=O) groups is 2. The van der Waals surface area contributed by atoms with Crippen molar-refractivity contribution in [1.29, 1.82) is 0 Å². The SMILES string of the molecule is CCOC(=O)c1cc2ccc(N3CCN(CCC(=O)C4CSc5ccc(F)cc54)CC3)cc2[nH]1. The van der Waals surface area contributed by atoms with Crippen molar-refractivity contribution >= 4 is 40.1 Å². The van der Waals surface area contributed by atoms with Gasteiger partial charge in [-0.05, 0) is 48.9 Å². The molecule has 1 saturated heterocycles. The molecule has 0 aliphatic carbocycles. The lowest BCUT2D eigenvalue weighted by atomic mass is 9.94. The molecule has 0 spiro atoms. The number of hydrogen-bond acceptors (Lipinski definition) is 6. The molecule has 0 saturated carbocycles. The van der Waals surface area contributed by atoms with Crippen LogP contribution in [0.4, 0.5) is 10.1 Å². The number of ketones is 1. The van der Waals surface area contributed by atoms with Crippen molar-refractivity contribution in [3.05, 3.63) is 59.5 Å². The van der Waals surface area contributed by atoms with E-state index in [2.05, 4.69) is 26.9 Å². The summed E-state index contributed by atoms with van der Waals surface area (Å²) in [4.78, 5) is 33.7. The van der Waals surface area contributed by atoms with Crippen molar-refractivity contribution < 1.29 is 18.7 Å². The first-order valence-electron chi connectivity index (χ1n) is 11.7. The molecule has 1 atom stereocenters. The molecule has 0 bridgehead atoms. The van der Waals surface area contributed by atoms with Crippen LogP contribution in [0.25, 0.3) is 10.9 Å². The topological polar surface area (TPSA) is 65.6 Å². The lowest BCUT2D eigenvalue weighted by molar-refractivity contribution is -0.120. The number of H-pyrrole nitrogens is 1. The number of aromatic nitrogens is 1. The molecule has 1 N–H and O–H groups in total. The van der Waals surface area contributed by atoms with Crippen LogP contribution in [0.5, 0.6) is 0 Å². The fraction of sp³-hybridized carbons (Fsp3) is 0.385. The van der Waals surface area contributed by atoms with Gasteiger partial charge in [-0.25, -0.2) is 9.18 Å². The van der Waals surface area contributed by atoms with Crippen molar-refractivity contribution in [1.82, 2.24) is 9.88 Å². The second-order valence-electron chi connectivity index (χ2n) is 8.77. The molecule has 8 heteroatoms. The van der Waals surface area contributed by atoms with Crippen molar-refractivity contribution in [2.75, 3.05) is 50.0 Å². The molecule has 2 aliphatic heterocycles. The number of esters is 1. The standard InChI is InChI=1S/C26H28FN3O3S/c1-2-33-26(32)23-13-17-3-5-19(15-22(17)28-23)30-11-9-29(10-12-30)8-7-24(31)21-16-34-25-6-4-18(27)14-20(21)25/h3-6,13-15,21,28H,2,7-12,16H2,1H3. The highest BCUT2D eigenvalue weighted by atomic mass is 32.2. The van der Waals surface area contributed by atoms with Gasteiger partial charge in [0.15, 0.2) is 0 Å². The summed E-state index contributed by atoms with van der Waals surface area (Å²) >= 11 is 1.64. The van der Waals surface area contributed by atoms with Crippen molar-refractivity contribution in [3.8, 4) is 0 Å². The number of carbonyl (C=O) groups excluding carboxylic acids is 2. The Kier molecular flexibility index (Phi) is 6.61. The molecule has 2 aromatic carbocycles. The predicted octanol–water partition coefficient (Wildman–Crippen LogP) is 4.45. The van der Waals surface area contributed by atoms with E-state index in [1.165, 1.54) is 12.1 Å². The molecule has 3 heterocycles. The van der Waals surface area contributed by atoms with Crippen LogP contribution in [0.3, 0.4) is 0 Å². The molecule has 3 aromatic rings. The van der Waals surface area contributed by atoms with Gasteiger partial charge in [0, 0.05) is 66.4 Å². The largest absolute Gasteiger partial charge is 0.461 e. The average molecular weight is 482 g/mol. The number of thioether (sulfide) groups is 1. The van der Waals surface area contributed by atoms with Gasteiger partial charge in [0.25, 0.3) is 0 Å². The molecule has 0 radical (unpaired) electrons. The molecule has 1 aromatic heterocycles. The number of piperazine rings is 1. The Balaban J connectivity index is 1.15. The molecule has 2 aliphatic rings. The smallest absolute Gasteiger partial charge is 0.354 e. The van der Waals surface area contributed by atoms with Crippen molar-refractivity contribution in [3.63, 3.8) is 0 Å². The van der Waals surface area contributed by atoms with Gasteiger partial charge < -0.3 is 14.6 Å². The summed E-state index contributed by atoms with van der Waals surface area (Å²) in [6, 6.07) is 12.8. The van der Waals surface area contributed by atoms with E-state index in [1.54, 1.807) is 24.8 Å². The number of Topliss-reactive ketones (excluding diaryl/α,β-unsaturated/α-hetero) is 1. The second kappa shape index (κ2) is 9.80. The first-order valence-corrected chi connectivity index (χ1v) is 12.7. The van der Waals surface area contributed by atoms with E-state index in [0.29, 0.717) is 24.5 Å². The maximum Gasteiger partial charge on any atom is 0.354 e. The van der Waals surface area contributed by atoms with Crippen LogP contribution in [0, 0.1) is 5.82 Å². The number of nitrogens with one attached hydrogen (secondary N) is 1. The maximum atomic E-state index is 13.7. The highest BCUT2D eigenvalue weighted by molar-refractivity contribution is 7.99. The number of halogens is 1. The van der Waals surface area contributed by atoms with E-state index in [-0.39, 0.29) is 23.5 Å². The zero-order valence-electron chi connectivity index (χ0n) is 19.2. The van der Waals surface area contributed by atoms with Crippen LogP contribution >= 0.6 is 11.8 Å². The van der Waals surface area contributed by atoms with E-state index in [0.717, 1.165) is 59.8 Å². The average Bonchev–Trinajstić information content (AvgIpc) is 3.46. The van der Waals surface area contributed by atoms with Gasteiger partial charge in [0.05, 0.1) is 12.5 Å². The zero-order valence-corrected chi connectivity index (χ0v) is 20.0. The van der Waals surface area contributed by atoms with E-state index in [4.69, 9.17) is 4.74 Å². The Labute approximate surface area is 202 Å². The molecule has 0 amide bonds. The summed E-state index contributed by atoms with van der Waals surface area (Å²) < 4.78 is 18.7. The molecular weight excluding hydrogens is 453 g/mol. The highest BCUT2D eigenvalue weighted by Gasteiger charge is 2.30. The molecule has 6 nitrogen and oxygen atoms in total. The number of rotatable bonds is 7. The van der Waals surface area contributed by atoms with Crippen LogP contribution in [0.1, 0.15) is 35.3 Å². The number of fused-ring (bicyclic) bond motifs is 2. The first-order chi connectivity index (χ1) is 16.5. The van der Waals surface area contributed by atoms with Crippen molar-refractivity contribution in [2.45, 2.75) is 24.2 Å². The Bertz CT molecular complexity index is 1220. The Morgan fingerprint density at radius 1 is 1.12 bits per heavy atom. The summed E-state index contributed by atoms with van der Waals surface area (Å²) in [5.74, 6) is 0.112. The summed E-state index contributed by atoms with van der Waals surface area (Å²) in [6.45, 7) is 6.39. The first kappa shape index (κ1) is 22.9. The summed E-state index contributed by atoms with van der Waals surface area (Å²) in [5, 5.41) is 0.982. The quantitative estimate of drug-likeness (QED) is 0.503. The van der Waals surface area contributed by atoms with Gasteiger partial charge in [-0.1, -0.05) is 6.07 Å². The minimum atomic E-state index is -0.340. The number of hydrogen-bond donors (Lipinski definition) is 1. The van der Waals surface area contributed by atoms with Crippen LogP contribution in [-0.2, 0) is 9.53 Å². The number of benzene rings is 2. The number of anilines is 1. The van der Waals surface area contributed by atoms with Gasteiger partial charge in [-0.15, -0.1) is 11.8 Å². The normalized spacial score (nSPS) is 18.3. The predicted molar refractivity (Wildman–Crippen MR) is 132 cm³/mol. The maximum absolute atomic E-state index is 13.7. The van der Waals surface area contributed by atoms with Gasteiger partial charge in [-0.2, -0.15) is 0 Å².